The molecule has 2 amide bonds. The lowest BCUT2D eigenvalue weighted by molar-refractivity contribution is -0.133. The van der Waals surface area contributed by atoms with Crippen LogP contribution in [-0.4, -0.2) is 47.4 Å². The number of H-pyrrole nitrogens is 1. The molecular formula is C22H24N4O5. The first-order chi connectivity index (χ1) is 15.0. The number of furan rings is 1. The zero-order chi connectivity index (χ0) is 21.4. The molecule has 1 spiro atoms. The van der Waals surface area contributed by atoms with Crippen molar-refractivity contribution in [2.24, 2.45) is 5.41 Å². The van der Waals surface area contributed by atoms with Crippen molar-refractivity contribution < 1.29 is 18.4 Å². The van der Waals surface area contributed by atoms with Gasteiger partial charge in [0.1, 0.15) is 0 Å². The van der Waals surface area contributed by atoms with Crippen LogP contribution in [0.2, 0.25) is 0 Å². The topological polar surface area (TPSA) is 121 Å². The van der Waals surface area contributed by atoms with E-state index in [4.69, 9.17) is 8.83 Å². The third-order valence-electron chi connectivity index (χ3n) is 6.47. The van der Waals surface area contributed by atoms with Gasteiger partial charge in [-0.3, -0.25) is 14.6 Å². The Balaban J connectivity index is 1.08. The summed E-state index contributed by atoms with van der Waals surface area (Å²) >= 11 is 0. The molecule has 2 fully saturated rings. The summed E-state index contributed by atoms with van der Waals surface area (Å²) in [5.74, 6) is -0.683. The number of hydrogen-bond donors (Lipinski definition) is 3. The van der Waals surface area contributed by atoms with Crippen LogP contribution < -0.4 is 16.4 Å². The highest BCUT2D eigenvalue weighted by molar-refractivity contribution is 5.94. The number of anilines is 1. The van der Waals surface area contributed by atoms with Gasteiger partial charge in [0.25, 0.3) is 5.91 Å². The van der Waals surface area contributed by atoms with Gasteiger partial charge in [-0.2, -0.15) is 0 Å². The smallest absolute Gasteiger partial charge is 0.417 e. The molecule has 0 unspecified atom stereocenters. The molecule has 1 saturated carbocycles. The Labute approximate surface area is 177 Å². The minimum Gasteiger partial charge on any atom is -0.459 e. The maximum Gasteiger partial charge on any atom is 0.417 e. The highest BCUT2D eigenvalue weighted by Gasteiger charge is 2.46. The molecule has 1 saturated heterocycles. The monoisotopic (exact) mass is 424 g/mol. The molecule has 5 rings (SSSR count). The van der Waals surface area contributed by atoms with Crippen LogP contribution in [0, 0.1) is 5.41 Å². The summed E-state index contributed by atoms with van der Waals surface area (Å²) < 4.78 is 10.1. The molecule has 1 aliphatic carbocycles. The van der Waals surface area contributed by atoms with E-state index in [0.717, 1.165) is 31.4 Å². The minimum atomic E-state index is -0.448. The molecule has 2 aliphatic rings. The fourth-order valence-electron chi connectivity index (χ4n) is 4.77. The molecule has 3 N–H and O–H groups in total. The van der Waals surface area contributed by atoms with E-state index in [2.05, 4.69) is 15.6 Å². The lowest BCUT2D eigenvalue weighted by Gasteiger charge is -2.52. The number of aromatic amines is 1. The van der Waals surface area contributed by atoms with Crippen LogP contribution in [0.15, 0.2) is 50.2 Å². The van der Waals surface area contributed by atoms with Crippen LogP contribution in [-0.2, 0) is 4.79 Å². The van der Waals surface area contributed by atoms with Crippen LogP contribution >= 0.6 is 0 Å². The maximum atomic E-state index is 12.4. The van der Waals surface area contributed by atoms with E-state index in [9.17, 15) is 14.4 Å². The van der Waals surface area contributed by atoms with Crippen molar-refractivity contribution in [1.29, 1.82) is 0 Å². The number of rotatable bonds is 5. The lowest BCUT2D eigenvalue weighted by Crippen LogP contribution is -2.53. The van der Waals surface area contributed by atoms with Gasteiger partial charge in [0.2, 0.25) is 5.91 Å². The summed E-state index contributed by atoms with van der Waals surface area (Å²) in [5.41, 5.74) is 2.48. The fraction of sp³-hybridized carbons (Fsp3) is 0.409. The van der Waals surface area contributed by atoms with E-state index < -0.39 is 5.76 Å². The number of piperidine rings is 1. The summed E-state index contributed by atoms with van der Waals surface area (Å²) in [4.78, 5) is 40.1. The number of likely N-dealkylation sites (tertiary alicyclic amines) is 1. The van der Waals surface area contributed by atoms with Gasteiger partial charge in [-0.1, -0.05) is 0 Å². The fourth-order valence-corrected chi connectivity index (χ4v) is 4.77. The number of aromatic nitrogens is 1. The van der Waals surface area contributed by atoms with Gasteiger partial charge in [-0.15, -0.1) is 0 Å². The van der Waals surface area contributed by atoms with E-state index in [1.807, 2.05) is 17.0 Å². The molecule has 9 heteroatoms. The summed E-state index contributed by atoms with van der Waals surface area (Å²) in [5, 5.41) is 6.15. The number of nitrogens with one attached hydrogen (secondary N) is 3. The summed E-state index contributed by atoms with van der Waals surface area (Å²) in [6.45, 7) is 1.41. The Morgan fingerprint density at radius 1 is 1.19 bits per heavy atom. The molecule has 31 heavy (non-hydrogen) atoms. The van der Waals surface area contributed by atoms with Gasteiger partial charge in [0, 0.05) is 24.8 Å². The predicted molar refractivity (Wildman–Crippen MR) is 113 cm³/mol. The van der Waals surface area contributed by atoms with Crippen molar-refractivity contribution in [3.8, 4) is 0 Å². The second-order valence-electron chi connectivity index (χ2n) is 8.52. The number of benzene rings is 1. The lowest BCUT2D eigenvalue weighted by atomic mass is 9.60. The van der Waals surface area contributed by atoms with E-state index in [1.54, 1.807) is 18.2 Å². The van der Waals surface area contributed by atoms with Crippen LogP contribution in [0.25, 0.3) is 11.1 Å². The van der Waals surface area contributed by atoms with E-state index in [1.165, 1.54) is 6.26 Å². The molecule has 0 radical (unpaired) electrons. The Morgan fingerprint density at radius 3 is 2.74 bits per heavy atom. The van der Waals surface area contributed by atoms with Crippen molar-refractivity contribution in [3.05, 3.63) is 52.9 Å². The van der Waals surface area contributed by atoms with E-state index >= 15 is 0 Å². The largest absolute Gasteiger partial charge is 0.459 e. The van der Waals surface area contributed by atoms with Crippen molar-refractivity contribution >= 4 is 28.6 Å². The molecule has 0 atom stereocenters. The van der Waals surface area contributed by atoms with Crippen molar-refractivity contribution in [2.75, 3.05) is 25.0 Å². The summed E-state index contributed by atoms with van der Waals surface area (Å²) in [6, 6.07) is 9.19. The average Bonchev–Trinajstić information content (AvgIpc) is 3.40. The summed E-state index contributed by atoms with van der Waals surface area (Å²) in [7, 11) is 0. The normalized spacial score (nSPS) is 18.1. The quantitative estimate of drug-likeness (QED) is 0.578. The third kappa shape index (κ3) is 3.95. The average molecular weight is 424 g/mol. The first kappa shape index (κ1) is 19.5. The molecule has 1 aromatic carbocycles. The Morgan fingerprint density at radius 2 is 2.00 bits per heavy atom. The van der Waals surface area contributed by atoms with E-state index in [-0.39, 0.29) is 29.5 Å². The minimum absolute atomic E-state index is 0.0186. The highest BCUT2D eigenvalue weighted by Crippen LogP contribution is 2.50. The number of carbonyl (C=O) groups excluding carboxylic acids is 2. The Kier molecular flexibility index (Phi) is 4.80. The van der Waals surface area contributed by atoms with Crippen molar-refractivity contribution in [1.82, 2.24) is 15.2 Å². The SMILES string of the molecule is O=C(NCC(=O)N1CCC2(CC1)CC(Nc1ccc3oc(=O)[nH]c3c1)C2)c1ccco1. The molecule has 0 bridgehead atoms. The molecule has 9 nitrogen and oxygen atoms in total. The molecule has 1 aliphatic heterocycles. The highest BCUT2D eigenvalue weighted by atomic mass is 16.4. The van der Waals surface area contributed by atoms with Crippen LogP contribution in [0.3, 0.4) is 0 Å². The Hall–Kier alpha value is -3.49. The van der Waals surface area contributed by atoms with Crippen LogP contribution in [0.4, 0.5) is 5.69 Å². The van der Waals surface area contributed by atoms with Crippen LogP contribution in [0.5, 0.6) is 0 Å². The van der Waals surface area contributed by atoms with Gasteiger partial charge in [-0.25, -0.2) is 4.79 Å². The summed E-state index contributed by atoms with van der Waals surface area (Å²) in [6.07, 6.45) is 5.49. The number of nitrogens with zero attached hydrogens (tertiary/aromatic N) is 1. The predicted octanol–water partition coefficient (Wildman–Crippen LogP) is 2.33. The van der Waals surface area contributed by atoms with Crippen molar-refractivity contribution in [3.63, 3.8) is 0 Å². The second kappa shape index (κ2) is 7.64. The molecular weight excluding hydrogens is 400 g/mol. The second-order valence-corrected chi connectivity index (χ2v) is 8.52. The standard InChI is InChI=1S/C22H24N4O5/c27-19(13-23-20(28)18-2-1-9-30-18)26-7-5-22(6-8-26)11-15(12-22)24-14-3-4-17-16(10-14)25-21(29)31-17/h1-4,9-10,15,24H,5-8,11-13H2,(H,23,28)(H,25,29). The van der Waals surface area contributed by atoms with Gasteiger partial charge in [-0.05, 0) is 61.4 Å². The Bertz CT molecular complexity index is 1150. The van der Waals surface area contributed by atoms with Crippen LogP contribution in [0.1, 0.15) is 36.2 Å². The van der Waals surface area contributed by atoms with Gasteiger partial charge in [0.05, 0.1) is 18.3 Å². The zero-order valence-electron chi connectivity index (χ0n) is 17.0. The first-order valence-corrected chi connectivity index (χ1v) is 10.5. The molecule has 2 aromatic heterocycles. The molecule has 162 valence electrons. The maximum absolute atomic E-state index is 12.4. The van der Waals surface area contributed by atoms with Crippen molar-refractivity contribution in [2.45, 2.75) is 31.7 Å². The molecule has 3 aromatic rings. The van der Waals surface area contributed by atoms with Gasteiger partial charge >= 0.3 is 5.76 Å². The van der Waals surface area contributed by atoms with Gasteiger partial charge < -0.3 is 24.4 Å². The number of fused-ring (bicyclic) bond motifs is 1. The van der Waals surface area contributed by atoms with E-state index in [0.29, 0.717) is 30.2 Å². The number of hydrogen-bond acceptors (Lipinski definition) is 6. The number of amides is 2. The first-order valence-electron chi connectivity index (χ1n) is 10.5. The van der Waals surface area contributed by atoms with Gasteiger partial charge in [0.15, 0.2) is 11.3 Å². The number of carbonyl (C=O) groups is 2. The zero-order valence-corrected chi connectivity index (χ0v) is 17.0. The third-order valence-corrected chi connectivity index (χ3v) is 6.47. The number of oxazole rings is 1. The molecule has 3 heterocycles.